The molecular formula is C38H56N4O5. The molecule has 2 aromatic carbocycles. The SMILES string of the molecule is CC[C@H](C)[C@H](NC(=O)[C@@H](CC=Cc1ccccc1)C[C@H](O)[C@@H](Cc1ccccc1)NC(=O)OC(C)(C)C)C(=O)N1CCC(NC)CC1. The summed E-state index contributed by atoms with van der Waals surface area (Å²) in [5.41, 5.74) is 1.22. The average molecular weight is 649 g/mol. The third-order valence-corrected chi connectivity index (χ3v) is 8.88. The maximum absolute atomic E-state index is 14.1. The van der Waals surface area contributed by atoms with Crippen LogP contribution in [0.4, 0.5) is 4.79 Å². The summed E-state index contributed by atoms with van der Waals surface area (Å²) in [5, 5.41) is 20.9. The quantitative estimate of drug-likeness (QED) is 0.207. The third-order valence-electron chi connectivity index (χ3n) is 8.88. The fourth-order valence-electron chi connectivity index (χ4n) is 5.85. The Labute approximate surface area is 281 Å². The van der Waals surface area contributed by atoms with E-state index in [1.54, 1.807) is 20.8 Å². The number of nitrogens with zero attached hydrogens (tertiary/aromatic N) is 1. The van der Waals surface area contributed by atoms with Crippen molar-refractivity contribution in [1.82, 2.24) is 20.9 Å². The van der Waals surface area contributed by atoms with Crippen molar-refractivity contribution in [3.05, 3.63) is 77.9 Å². The Balaban J connectivity index is 1.84. The number of carbonyl (C=O) groups excluding carboxylic acids is 3. The predicted molar refractivity (Wildman–Crippen MR) is 188 cm³/mol. The zero-order valence-electron chi connectivity index (χ0n) is 29.1. The third kappa shape index (κ3) is 12.8. The number of ether oxygens (including phenoxy) is 1. The molecule has 1 fully saturated rings. The lowest BCUT2D eigenvalue weighted by molar-refractivity contribution is -0.140. The number of aliphatic hydroxyl groups excluding tert-OH is 1. The number of hydrogen-bond acceptors (Lipinski definition) is 6. The first-order valence-corrected chi connectivity index (χ1v) is 17.1. The molecule has 1 heterocycles. The Morgan fingerprint density at radius 3 is 2.19 bits per heavy atom. The van der Waals surface area contributed by atoms with E-state index < -0.39 is 35.8 Å². The van der Waals surface area contributed by atoms with Gasteiger partial charge in [-0.2, -0.15) is 0 Å². The van der Waals surface area contributed by atoms with Crippen molar-refractivity contribution >= 4 is 24.0 Å². The smallest absolute Gasteiger partial charge is 0.407 e. The molecule has 1 aliphatic heterocycles. The number of alkyl carbamates (subject to hydrolysis) is 1. The van der Waals surface area contributed by atoms with Crippen molar-refractivity contribution < 1.29 is 24.2 Å². The van der Waals surface area contributed by atoms with E-state index in [2.05, 4.69) is 16.0 Å². The summed E-state index contributed by atoms with van der Waals surface area (Å²) in [6.07, 6.45) is 5.43. The number of benzene rings is 2. The van der Waals surface area contributed by atoms with E-state index in [-0.39, 0.29) is 24.2 Å². The second kappa shape index (κ2) is 18.6. The van der Waals surface area contributed by atoms with Gasteiger partial charge in [0.1, 0.15) is 11.6 Å². The summed E-state index contributed by atoms with van der Waals surface area (Å²) >= 11 is 0. The van der Waals surface area contributed by atoms with E-state index >= 15 is 0 Å². The molecule has 0 aliphatic carbocycles. The second-order valence-electron chi connectivity index (χ2n) is 13.8. The normalized spacial score (nSPS) is 17.4. The highest BCUT2D eigenvalue weighted by atomic mass is 16.6. The van der Waals surface area contributed by atoms with Crippen LogP contribution in [-0.2, 0) is 20.7 Å². The Morgan fingerprint density at radius 1 is 1.00 bits per heavy atom. The number of nitrogens with one attached hydrogen (secondary N) is 3. The first-order valence-electron chi connectivity index (χ1n) is 17.1. The number of allylic oxidation sites excluding steroid dienone is 1. The van der Waals surface area contributed by atoms with Gasteiger partial charge in [-0.25, -0.2) is 4.79 Å². The molecule has 4 N–H and O–H groups in total. The van der Waals surface area contributed by atoms with Gasteiger partial charge in [-0.3, -0.25) is 9.59 Å². The van der Waals surface area contributed by atoms with E-state index in [0.717, 1.165) is 30.4 Å². The lowest BCUT2D eigenvalue weighted by Gasteiger charge is -2.36. The van der Waals surface area contributed by atoms with Gasteiger partial charge >= 0.3 is 6.09 Å². The molecule has 5 atom stereocenters. The summed E-state index contributed by atoms with van der Waals surface area (Å²) in [5.74, 6) is -1.08. The first-order chi connectivity index (χ1) is 22.4. The molecule has 0 aromatic heterocycles. The van der Waals surface area contributed by atoms with E-state index in [4.69, 9.17) is 4.74 Å². The molecule has 3 amide bonds. The maximum atomic E-state index is 14.1. The molecule has 0 unspecified atom stereocenters. The summed E-state index contributed by atoms with van der Waals surface area (Å²) in [7, 11) is 1.94. The van der Waals surface area contributed by atoms with Crippen molar-refractivity contribution in [2.75, 3.05) is 20.1 Å². The molecule has 2 aromatic rings. The number of carbonyl (C=O) groups is 3. The highest BCUT2D eigenvalue weighted by molar-refractivity contribution is 5.89. The number of piperidine rings is 1. The Hall–Kier alpha value is -3.69. The summed E-state index contributed by atoms with van der Waals surface area (Å²) in [6, 6.07) is 18.4. The molecule has 0 spiro atoms. The molecule has 47 heavy (non-hydrogen) atoms. The Bertz CT molecular complexity index is 1270. The minimum absolute atomic E-state index is 0.0603. The van der Waals surface area contributed by atoms with Crippen LogP contribution < -0.4 is 16.0 Å². The van der Waals surface area contributed by atoms with Gasteiger partial charge in [-0.1, -0.05) is 93.1 Å². The molecule has 0 saturated carbocycles. The minimum Gasteiger partial charge on any atom is -0.444 e. The molecule has 1 aliphatic rings. The molecule has 3 rings (SSSR count). The highest BCUT2D eigenvalue weighted by Gasteiger charge is 2.35. The van der Waals surface area contributed by atoms with Crippen LogP contribution >= 0.6 is 0 Å². The van der Waals surface area contributed by atoms with Crippen molar-refractivity contribution in [2.24, 2.45) is 11.8 Å². The van der Waals surface area contributed by atoms with Crippen LogP contribution in [0.25, 0.3) is 6.08 Å². The van der Waals surface area contributed by atoms with Gasteiger partial charge in [0.15, 0.2) is 0 Å². The topological polar surface area (TPSA) is 120 Å². The largest absolute Gasteiger partial charge is 0.444 e. The fraction of sp³-hybridized carbons (Fsp3) is 0.553. The lowest BCUT2D eigenvalue weighted by Crippen LogP contribution is -2.55. The van der Waals surface area contributed by atoms with Crippen molar-refractivity contribution in [2.45, 2.75) is 103 Å². The lowest BCUT2D eigenvalue weighted by atomic mass is 9.89. The molecular weight excluding hydrogens is 592 g/mol. The number of amides is 3. The molecule has 0 bridgehead atoms. The molecule has 0 radical (unpaired) electrons. The van der Waals surface area contributed by atoms with E-state index in [1.807, 2.05) is 98.6 Å². The average Bonchev–Trinajstić information content (AvgIpc) is 3.05. The maximum Gasteiger partial charge on any atom is 0.407 e. The van der Waals surface area contributed by atoms with Gasteiger partial charge in [0.25, 0.3) is 0 Å². The van der Waals surface area contributed by atoms with Crippen LogP contribution in [-0.4, -0.2) is 77.9 Å². The summed E-state index contributed by atoms with van der Waals surface area (Å²) < 4.78 is 5.51. The molecule has 258 valence electrons. The van der Waals surface area contributed by atoms with Crippen LogP contribution in [0.15, 0.2) is 66.7 Å². The van der Waals surface area contributed by atoms with Gasteiger partial charge in [0.2, 0.25) is 11.8 Å². The predicted octanol–water partition coefficient (Wildman–Crippen LogP) is 5.33. The van der Waals surface area contributed by atoms with Crippen LogP contribution in [0.1, 0.15) is 77.8 Å². The van der Waals surface area contributed by atoms with Crippen LogP contribution in [0, 0.1) is 11.8 Å². The van der Waals surface area contributed by atoms with Crippen LogP contribution in [0.3, 0.4) is 0 Å². The van der Waals surface area contributed by atoms with Crippen LogP contribution in [0.2, 0.25) is 0 Å². The van der Waals surface area contributed by atoms with E-state index in [0.29, 0.717) is 32.0 Å². The van der Waals surface area contributed by atoms with Gasteiger partial charge in [-0.15, -0.1) is 0 Å². The zero-order chi connectivity index (χ0) is 34.4. The number of likely N-dealkylation sites (tertiary alicyclic amines) is 1. The second-order valence-corrected chi connectivity index (χ2v) is 13.8. The van der Waals surface area contributed by atoms with Crippen molar-refractivity contribution in [1.29, 1.82) is 0 Å². The Morgan fingerprint density at radius 2 is 1.62 bits per heavy atom. The van der Waals surface area contributed by atoms with E-state index in [9.17, 15) is 19.5 Å². The number of rotatable bonds is 15. The molecule has 9 nitrogen and oxygen atoms in total. The minimum atomic E-state index is -1.07. The zero-order valence-corrected chi connectivity index (χ0v) is 29.1. The first kappa shape index (κ1) is 37.8. The summed E-state index contributed by atoms with van der Waals surface area (Å²) in [4.78, 5) is 42.6. The van der Waals surface area contributed by atoms with Gasteiger partial charge in [-0.05, 0) is 77.0 Å². The van der Waals surface area contributed by atoms with Crippen LogP contribution in [0.5, 0.6) is 0 Å². The van der Waals surface area contributed by atoms with Crippen molar-refractivity contribution in [3.8, 4) is 0 Å². The Kier molecular flexibility index (Phi) is 14.9. The van der Waals surface area contributed by atoms with Crippen molar-refractivity contribution in [3.63, 3.8) is 0 Å². The molecule has 9 heteroatoms. The number of aliphatic hydroxyl groups is 1. The van der Waals surface area contributed by atoms with E-state index in [1.165, 1.54) is 0 Å². The highest BCUT2D eigenvalue weighted by Crippen LogP contribution is 2.22. The van der Waals surface area contributed by atoms with Gasteiger partial charge < -0.3 is 30.7 Å². The monoisotopic (exact) mass is 648 g/mol. The fourth-order valence-corrected chi connectivity index (χ4v) is 5.85. The van der Waals surface area contributed by atoms with Gasteiger partial charge in [0.05, 0.1) is 12.1 Å². The standard InChI is InChI=1S/C38H56N4O5/c1-7-27(2)34(36(45)42-23-21-31(39-6)22-24-42)41-35(44)30(20-14-19-28-15-10-8-11-16-28)26-33(43)32(25-29-17-12-9-13-18-29)40-37(46)47-38(3,4)5/h8-19,27,30-34,39,43H,7,20-26H2,1-6H3,(H,40,46)(H,41,44)/t27-,30-,32+,33-,34-/m0/s1. The summed E-state index contributed by atoms with van der Waals surface area (Å²) in [6.45, 7) is 10.7. The molecule has 1 saturated heterocycles. The number of hydrogen-bond donors (Lipinski definition) is 4. The van der Waals surface area contributed by atoms with Gasteiger partial charge in [0, 0.05) is 25.0 Å².